The molecule has 2 aromatic carbocycles. The molecule has 1 aromatic heterocycles. The number of benzene rings is 2. The summed E-state index contributed by atoms with van der Waals surface area (Å²) in [7, 11) is 0. The topological polar surface area (TPSA) is 99.3 Å². The smallest absolute Gasteiger partial charge is 0.275 e. The largest absolute Gasteiger partial charge is 0.457 e. The maximum absolute atomic E-state index is 12.3. The van der Waals surface area contributed by atoms with Crippen molar-refractivity contribution < 1.29 is 14.5 Å². The number of amides is 1. The van der Waals surface area contributed by atoms with Crippen molar-refractivity contribution in [2.75, 3.05) is 5.32 Å². The van der Waals surface area contributed by atoms with Gasteiger partial charge >= 0.3 is 0 Å². The number of nitro groups is 1. The van der Waals surface area contributed by atoms with Crippen LogP contribution >= 0.6 is 11.6 Å². The van der Waals surface area contributed by atoms with Crippen LogP contribution in [0.1, 0.15) is 17.3 Å². The summed E-state index contributed by atoms with van der Waals surface area (Å²) in [4.78, 5) is 23.0. The fraction of sp³-hybridized carbons (Fsp3) is 0.111. The number of aryl methyl sites for hydroxylation is 1. The van der Waals surface area contributed by atoms with E-state index in [4.69, 9.17) is 16.3 Å². The summed E-state index contributed by atoms with van der Waals surface area (Å²) in [5.41, 5.74) is 0.381. The van der Waals surface area contributed by atoms with E-state index in [9.17, 15) is 14.9 Å². The number of rotatable bonds is 6. The number of aromatic nitrogens is 2. The van der Waals surface area contributed by atoms with Gasteiger partial charge in [-0.25, -0.2) is 0 Å². The van der Waals surface area contributed by atoms with Gasteiger partial charge in [-0.15, -0.1) is 0 Å². The Bertz CT molecular complexity index is 985. The third kappa shape index (κ3) is 4.62. The van der Waals surface area contributed by atoms with Crippen molar-refractivity contribution in [2.24, 2.45) is 0 Å². The molecule has 138 valence electrons. The number of non-ortho nitro benzene ring substituents is 1. The van der Waals surface area contributed by atoms with Crippen molar-refractivity contribution in [3.63, 3.8) is 0 Å². The summed E-state index contributed by atoms with van der Waals surface area (Å²) < 4.78 is 7.25. The molecule has 0 radical (unpaired) electrons. The number of ether oxygens (including phenoxy) is 1. The van der Waals surface area contributed by atoms with Gasteiger partial charge in [0.25, 0.3) is 11.6 Å². The third-order valence-corrected chi connectivity index (χ3v) is 3.88. The first-order valence-electron chi connectivity index (χ1n) is 8.01. The number of nitrogens with zero attached hydrogens (tertiary/aromatic N) is 3. The predicted molar refractivity (Wildman–Crippen MR) is 100 cm³/mol. The first-order chi connectivity index (χ1) is 12.9. The van der Waals surface area contributed by atoms with Crippen molar-refractivity contribution in [2.45, 2.75) is 13.5 Å². The standard InChI is InChI=1S/C18H15ClN4O4/c1-2-22-11-12(10-20-22)18(24)21-14-7-15(23(25)26)9-17(8-14)27-16-5-3-13(19)4-6-16/h3-11H,2H2,1H3,(H,21,24). The Labute approximate surface area is 159 Å². The lowest BCUT2D eigenvalue weighted by Crippen LogP contribution is -2.11. The third-order valence-electron chi connectivity index (χ3n) is 3.63. The molecule has 0 bridgehead atoms. The zero-order valence-electron chi connectivity index (χ0n) is 14.3. The minimum absolute atomic E-state index is 0.207. The van der Waals surface area contributed by atoms with Crippen molar-refractivity contribution in [1.82, 2.24) is 9.78 Å². The molecule has 0 aliphatic rings. The van der Waals surface area contributed by atoms with Gasteiger partial charge in [0, 0.05) is 29.9 Å². The van der Waals surface area contributed by atoms with Crippen molar-refractivity contribution in [1.29, 1.82) is 0 Å². The molecule has 9 heteroatoms. The maximum atomic E-state index is 12.3. The molecule has 0 spiro atoms. The average molecular weight is 387 g/mol. The van der Waals surface area contributed by atoms with E-state index in [1.165, 1.54) is 24.4 Å². The molecule has 1 N–H and O–H groups in total. The molecule has 8 nitrogen and oxygen atoms in total. The van der Waals surface area contributed by atoms with Crippen LogP contribution in [0.25, 0.3) is 0 Å². The zero-order chi connectivity index (χ0) is 19.4. The lowest BCUT2D eigenvalue weighted by molar-refractivity contribution is -0.384. The van der Waals surface area contributed by atoms with Crippen molar-refractivity contribution in [3.8, 4) is 11.5 Å². The van der Waals surface area contributed by atoms with Gasteiger partial charge in [-0.3, -0.25) is 19.6 Å². The number of nitrogens with one attached hydrogen (secondary N) is 1. The van der Waals surface area contributed by atoms with E-state index in [1.54, 1.807) is 35.1 Å². The SMILES string of the molecule is CCn1cc(C(=O)Nc2cc(Oc3ccc(Cl)cc3)cc([N+](=O)[O-])c2)cn1. The second-order valence-corrected chi connectivity index (χ2v) is 6.00. The minimum atomic E-state index is -0.556. The van der Waals surface area contributed by atoms with Crippen molar-refractivity contribution >= 4 is 28.9 Å². The summed E-state index contributed by atoms with van der Waals surface area (Å²) in [5.74, 6) is 0.250. The van der Waals surface area contributed by atoms with E-state index in [2.05, 4.69) is 10.4 Å². The summed E-state index contributed by atoms with van der Waals surface area (Å²) >= 11 is 5.84. The van der Waals surface area contributed by atoms with Gasteiger partial charge in [0.15, 0.2) is 0 Å². The van der Waals surface area contributed by atoms with E-state index in [1.807, 2.05) is 6.92 Å². The highest BCUT2D eigenvalue weighted by Crippen LogP contribution is 2.30. The summed E-state index contributed by atoms with van der Waals surface area (Å²) in [5, 5.41) is 18.4. The summed E-state index contributed by atoms with van der Waals surface area (Å²) in [6, 6.07) is 10.6. The molecule has 27 heavy (non-hydrogen) atoms. The molecule has 0 unspecified atom stereocenters. The molecule has 0 fully saturated rings. The molecule has 0 atom stereocenters. The monoisotopic (exact) mass is 386 g/mol. The predicted octanol–water partition coefficient (Wildman–Crippen LogP) is 4.51. The number of halogens is 1. The Hall–Kier alpha value is -3.39. The molecular formula is C18H15ClN4O4. The van der Waals surface area contributed by atoms with Crippen LogP contribution in [-0.4, -0.2) is 20.6 Å². The van der Waals surface area contributed by atoms with E-state index in [-0.39, 0.29) is 17.1 Å². The number of nitro benzene ring substituents is 1. The summed E-state index contributed by atoms with van der Waals surface area (Å²) in [6.45, 7) is 2.53. The lowest BCUT2D eigenvalue weighted by atomic mass is 10.2. The number of hydrogen-bond acceptors (Lipinski definition) is 5. The van der Waals surface area contributed by atoms with Crippen LogP contribution in [0.5, 0.6) is 11.5 Å². The molecule has 1 amide bonds. The molecule has 3 rings (SSSR count). The second-order valence-electron chi connectivity index (χ2n) is 5.57. The molecule has 1 heterocycles. The zero-order valence-corrected chi connectivity index (χ0v) is 15.0. The summed E-state index contributed by atoms with van der Waals surface area (Å²) in [6.07, 6.45) is 3.03. The molecule has 0 aliphatic heterocycles. The van der Waals surface area contributed by atoms with Gasteiger partial charge in [-0.1, -0.05) is 11.6 Å². The Balaban J connectivity index is 1.85. The van der Waals surface area contributed by atoms with E-state index < -0.39 is 10.8 Å². The Morgan fingerprint density at radius 3 is 2.63 bits per heavy atom. The highest BCUT2D eigenvalue weighted by Gasteiger charge is 2.15. The van der Waals surface area contributed by atoms with Gasteiger partial charge in [0.05, 0.1) is 28.4 Å². The number of carbonyl (C=O) groups is 1. The first kappa shape index (κ1) is 18.4. The second kappa shape index (κ2) is 7.88. The van der Waals surface area contributed by atoms with Crippen LogP contribution in [0, 0.1) is 10.1 Å². The lowest BCUT2D eigenvalue weighted by Gasteiger charge is -2.09. The molecule has 0 saturated heterocycles. The maximum Gasteiger partial charge on any atom is 0.275 e. The average Bonchev–Trinajstić information content (AvgIpc) is 3.13. The highest BCUT2D eigenvalue weighted by atomic mass is 35.5. The number of carbonyl (C=O) groups excluding carboxylic acids is 1. The number of hydrogen-bond donors (Lipinski definition) is 1. The van der Waals surface area contributed by atoms with Gasteiger partial charge < -0.3 is 10.1 Å². The van der Waals surface area contributed by atoms with E-state index in [0.717, 1.165) is 0 Å². The number of anilines is 1. The van der Waals surface area contributed by atoms with Crippen molar-refractivity contribution in [3.05, 3.63) is 75.6 Å². The van der Waals surface area contributed by atoms with Gasteiger partial charge in [-0.05, 0) is 31.2 Å². The molecule has 0 aliphatic carbocycles. The van der Waals surface area contributed by atoms with Crippen LogP contribution in [-0.2, 0) is 6.54 Å². The van der Waals surface area contributed by atoms with E-state index >= 15 is 0 Å². The fourth-order valence-electron chi connectivity index (χ4n) is 2.32. The molecular weight excluding hydrogens is 372 g/mol. The van der Waals surface area contributed by atoms with Gasteiger partial charge in [-0.2, -0.15) is 5.10 Å². The van der Waals surface area contributed by atoms with Crippen LogP contribution < -0.4 is 10.1 Å². The quantitative estimate of drug-likeness (QED) is 0.496. The first-order valence-corrected chi connectivity index (χ1v) is 8.39. The highest BCUT2D eigenvalue weighted by molar-refractivity contribution is 6.30. The fourth-order valence-corrected chi connectivity index (χ4v) is 2.44. The minimum Gasteiger partial charge on any atom is -0.457 e. The van der Waals surface area contributed by atoms with Crippen LogP contribution in [0.15, 0.2) is 54.9 Å². The van der Waals surface area contributed by atoms with Gasteiger partial charge in [0.2, 0.25) is 0 Å². The van der Waals surface area contributed by atoms with Crippen LogP contribution in [0.4, 0.5) is 11.4 Å². The normalized spacial score (nSPS) is 10.4. The van der Waals surface area contributed by atoms with E-state index in [0.29, 0.717) is 22.9 Å². The Kier molecular flexibility index (Phi) is 5.37. The van der Waals surface area contributed by atoms with Crippen LogP contribution in [0.2, 0.25) is 5.02 Å². The Morgan fingerprint density at radius 1 is 1.26 bits per heavy atom. The van der Waals surface area contributed by atoms with Gasteiger partial charge in [0.1, 0.15) is 11.5 Å². The molecule has 0 saturated carbocycles. The molecule has 3 aromatic rings. The Morgan fingerprint density at radius 2 is 2.00 bits per heavy atom. The van der Waals surface area contributed by atoms with Crippen LogP contribution in [0.3, 0.4) is 0 Å².